The van der Waals surface area contributed by atoms with Gasteiger partial charge in [0.05, 0.1) is 6.61 Å². The molecule has 0 aromatic heterocycles. The van der Waals surface area contributed by atoms with Gasteiger partial charge in [-0.1, -0.05) is 41.9 Å². The van der Waals surface area contributed by atoms with Crippen molar-refractivity contribution in [3.8, 4) is 0 Å². The standard InChI is InChI=1S/C16H16ClNO2/c17-15-7-6-14(12-20)16(10-15)18(8-9-19)11-13-4-2-1-3-5-13/h1-7,10,12,19H,8-9,11H2. The number of carbonyl (C=O) groups excluding carboxylic acids is 1. The number of anilines is 1. The summed E-state index contributed by atoms with van der Waals surface area (Å²) in [6.07, 6.45) is 0.807. The van der Waals surface area contributed by atoms with Crippen molar-refractivity contribution in [2.45, 2.75) is 6.54 Å². The number of rotatable bonds is 6. The van der Waals surface area contributed by atoms with Crippen molar-refractivity contribution in [2.75, 3.05) is 18.1 Å². The summed E-state index contributed by atoms with van der Waals surface area (Å²) in [5.74, 6) is 0. The van der Waals surface area contributed by atoms with Gasteiger partial charge in [-0.15, -0.1) is 0 Å². The quantitative estimate of drug-likeness (QED) is 0.831. The summed E-state index contributed by atoms with van der Waals surface area (Å²) in [6, 6.07) is 15.0. The second-order valence-electron chi connectivity index (χ2n) is 4.45. The Kier molecular flexibility index (Phi) is 5.16. The highest BCUT2D eigenvalue weighted by molar-refractivity contribution is 6.31. The van der Waals surface area contributed by atoms with E-state index in [4.69, 9.17) is 11.6 Å². The Morgan fingerprint density at radius 2 is 1.90 bits per heavy atom. The highest BCUT2D eigenvalue weighted by Gasteiger charge is 2.12. The van der Waals surface area contributed by atoms with Gasteiger partial charge in [0.2, 0.25) is 0 Å². The van der Waals surface area contributed by atoms with E-state index in [1.54, 1.807) is 18.2 Å². The van der Waals surface area contributed by atoms with Gasteiger partial charge in [0.25, 0.3) is 0 Å². The van der Waals surface area contributed by atoms with E-state index in [9.17, 15) is 9.90 Å². The summed E-state index contributed by atoms with van der Waals surface area (Å²) in [6.45, 7) is 1.07. The summed E-state index contributed by atoms with van der Waals surface area (Å²) >= 11 is 6.02. The van der Waals surface area contributed by atoms with Crippen molar-refractivity contribution in [1.29, 1.82) is 0 Å². The van der Waals surface area contributed by atoms with E-state index < -0.39 is 0 Å². The molecule has 2 rings (SSSR count). The van der Waals surface area contributed by atoms with Crippen LogP contribution in [0.15, 0.2) is 48.5 Å². The van der Waals surface area contributed by atoms with Gasteiger partial charge < -0.3 is 10.0 Å². The Hall–Kier alpha value is -1.84. The van der Waals surface area contributed by atoms with Crippen LogP contribution in [0.4, 0.5) is 5.69 Å². The lowest BCUT2D eigenvalue weighted by atomic mass is 10.1. The van der Waals surface area contributed by atoms with Gasteiger partial charge >= 0.3 is 0 Å². The summed E-state index contributed by atoms with van der Waals surface area (Å²) < 4.78 is 0. The highest BCUT2D eigenvalue weighted by atomic mass is 35.5. The molecule has 0 atom stereocenters. The first-order chi connectivity index (χ1) is 9.74. The average molecular weight is 290 g/mol. The largest absolute Gasteiger partial charge is 0.395 e. The highest BCUT2D eigenvalue weighted by Crippen LogP contribution is 2.25. The molecular weight excluding hydrogens is 274 g/mol. The molecule has 0 unspecified atom stereocenters. The fraction of sp³-hybridized carbons (Fsp3) is 0.188. The zero-order valence-corrected chi connectivity index (χ0v) is 11.8. The number of benzene rings is 2. The zero-order valence-electron chi connectivity index (χ0n) is 11.0. The SMILES string of the molecule is O=Cc1ccc(Cl)cc1N(CCO)Cc1ccccc1. The first-order valence-corrected chi connectivity index (χ1v) is 6.77. The van der Waals surface area contributed by atoms with Gasteiger partial charge in [-0.05, 0) is 23.8 Å². The number of aliphatic hydroxyl groups is 1. The molecule has 104 valence electrons. The smallest absolute Gasteiger partial charge is 0.152 e. The predicted octanol–water partition coefficient (Wildman–Crippen LogP) is 3.15. The van der Waals surface area contributed by atoms with Gasteiger partial charge in [-0.3, -0.25) is 4.79 Å². The second kappa shape index (κ2) is 7.08. The van der Waals surface area contributed by atoms with Crippen LogP contribution in [0.2, 0.25) is 5.02 Å². The molecule has 1 N–H and O–H groups in total. The number of nitrogens with zero attached hydrogens (tertiary/aromatic N) is 1. The molecule has 2 aromatic carbocycles. The van der Waals surface area contributed by atoms with Gasteiger partial charge in [-0.2, -0.15) is 0 Å². The van der Waals surface area contributed by atoms with Gasteiger partial charge in [0, 0.05) is 29.4 Å². The summed E-state index contributed by atoms with van der Waals surface area (Å²) in [5.41, 5.74) is 2.42. The van der Waals surface area contributed by atoms with E-state index in [1.165, 1.54) is 0 Å². The van der Waals surface area contributed by atoms with E-state index in [0.717, 1.165) is 17.5 Å². The molecule has 0 fully saturated rings. The topological polar surface area (TPSA) is 40.5 Å². The molecule has 2 aromatic rings. The zero-order chi connectivity index (χ0) is 14.4. The molecule has 0 saturated carbocycles. The van der Waals surface area contributed by atoms with Crippen molar-refractivity contribution in [2.24, 2.45) is 0 Å². The molecule has 0 saturated heterocycles. The lowest BCUT2D eigenvalue weighted by molar-refractivity contribution is 0.112. The van der Waals surface area contributed by atoms with Crippen LogP contribution in [0.1, 0.15) is 15.9 Å². The summed E-state index contributed by atoms with van der Waals surface area (Å²) in [5, 5.41) is 9.82. The number of aliphatic hydroxyl groups excluding tert-OH is 1. The van der Waals surface area contributed by atoms with Crippen LogP contribution >= 0.6 is 11.6 Å². The Morgan fingerprint density at radius 3 is 2.55 bits per heavy atom. The van der Waals surface area contributed by atoms with Crippen LogP contribution in [0.25, 0.3) is 0 Å². The predicted molar refractivity (Wildman–Crippen MR) is 81.4 cm³/mol. The third kappa shape index (κ3) is 3.59. The number of hydrogen-bond donors (Lipinski definition) is 1. The van der Waals surface area contributed by atoms with Gasteiger partial charge in [0.15, 0.2) is 6.29 Å². The summed E-state index contributed by atoms with van der Waals surface area (Å²) in [7, 11) is 0. The monoisotopic (exact) mass is 289 g/mol. The Labute approximate surface area is 123 Å². The Bertz CT molecular complexity index is 572. The van der Waals surface area contributed by atoms with E-state index in [1.807, 2.05) is 35.2 Å². The van der Waals surface area contributed by atoms with Gasteiger partial charge in [-0.25, -0.2) is 0 Å². The third-order valence-corrected chi connectivity index (χ3v) is 3.28. The average Bonchev–Trinajstić information content (AvgIpc) is 2.48. The molecule has 20 heavy (non-hydrogen) atoms. The number of carbonyl (C=O) groups is 1. The fourth-order valence-electron chi connectivity index (χ4n) is 2.10. The Balaban J connectivity index is 2.33. The lowest BCUT2D eigenvalue weighted by Crippen LogP contribution is -2.27. The first-order valence-electron chi connectivity index (χ1n) is 6.39. The van der Waals surface area contributed by atoms with Crippen LogP contribution < -0.4 is 4.90 Å². The minimum Gasteiger partial charge on any atom is -0.395 e. The molecule has 3 nitrogen and oxygen atoms in total. The van der Waals surface area contributed by atoms with Crippen LogP contribution in [0, 0.1) is 0 Å². The third-order valence-electron chi connectivity index (χ3n) is 3.05. The van der Waals surface area contributed by atoms with Crippen LogP contribution in [0.3, 0.4) is 0 Å². The molecule has 0 aliphatic heterocycles. The van der Waals surface area contributed by atoms with E-state index in [2.05, 4.69) is 0 Å². The fourth-order valence-corrected chi connectivity index (χ4v) is 2.27. The van der Waals surface area contributed by atoms with Crippen molar-refractivity contribution in [1.82, 2.24) is 0 Å². The van der Waals surface area contributed by atoms with Crippen LogP contribution in [-0.4, -0.2) is 24.5 Å². The van der Waals surface area contributed by atoms with Crippen molar-refractivity contribution >= 4 is 23.6 Å². The molecule has 0 bridgehead atoms. The van der Waals surface area contributed by atoms with E-state index >= 15 is 0 Å². The molecule has 0 aliphatic carbocycles. The molecule has 0 amide bonds. The minimum absolute atomic E-state index is 0.0116. The minimum atomic E-state index is 0.0116. The molecule has 4 heteroatoms. The van der Waals surface area contributed by atoms with Crippen molar-refractivity contribution < 1.29 is 9.90 Å². The van der Waals surface area contributed by atoms with E-state index in [0.29, 0.717) is 23.7 Å². The number of aldehydes is 1. The first kappa shape index (κ1) is 14.6. The maximum Gasteiger partial charge on any atom is 0.152 e. The Morgan fingerprint density at radius 1 is 1.15 bits per heavy atom. The normalized spacial score (nSPS) is 10.3. The van der Waals surface area contributed by atoms with Gasteiger partial charge in [0.1, 0.15) is 0 Å². The molecular formula is C16H16ClNO2. The molecule has 0 aliphatic rings. The molecule has 0 spiro atoms. The van der Waals surface area contributed by atoms with Crippen molar-refractivity contribution in [3.63, 3.8) is 0 Å². The number of hydrogen-bond acceptors (Lipinski definition) is 3. The van der Waals surface area contributed by atoms with E-state index in [-0.39, 0.29) is 6.61 Å². The maximum atomic E-state index is 11.2. The molecule has 0 radical (unpaired) electrons. The molecule has 0 heterocycles. The number of halogens is 1. The lowest BCUT2D eigenvalue weighted by Gasteiger charge is -2.25. The maximum absolute atomic E-state index is 11.2. The van der Waals surface area contributed by atoms with Crippen molar-refractivity contribution in [3.05, 3.63) is 64.7 Å². The van der Waals surface area contributed by atoms with Crippen LogP contribution in [0.5, 0.6) is 0 Å². The summed E-state index contributed by atoms with van der Waals surface area (Å²) in [4.78, 5) is 13.1. The van der Waals surface area contributed by atoms with Crippen LogP contribution in [-0.2, 0) is 6.54 Å². The second-order valence-corrected chi connectivity index (χ2v) is 4.89.